The molecule has 0 fully saturated rings. The van der Waals surface area contributed by atoms with Crippen LogP contribution in [0.4, 0.5) is 4.39 Å². The Morgan fingerprint density at radius 1 is 1.05 bits per heavy atom. The van der Waals surface area contributed by atoms with Crippen molar-refractivity contribution < 1.29 is 4.39 Å². The molecule has 4 heteroatoms. The molecule has 1 nitrogen and oxygen atoms in total. The van der Waals surface area contributed by atoms with Gasteiger partial charge in [-0.3, -0.25) is 4.98 Å². The number of fused-ring (bicyclic) bond motifs is 1. The number of nitrogens with zero attached hydrogens (tertiary/aromatic N) is 1. The lowest BCUT2D eigenvalue weighted by Gasteiger charge is -2.11. The quantitative estimate of drug-likeness (QED) is 0.577. The Labute approximate surface area is 132 Å². The van der Waals surface area contributed by atoms with Gasteiger partial charge in [0.25, 0.3) is 0 Å². The van der Waals surface area contributed by atoms with Gasteiger partial charge in [0.05, 0.1) is 10.9 Å². The molecule has 1 unspecified atom stereocenters. The minimum absolute atomic E-state index is 0.347. The van der Waals surface area contributed by atoms with Gasteiger partial charge in [-0.05, 0) is 30.3 Å². The zero-order valence-electron chi connectivity index (χ0n) is 11.1. The lowest BCUT2D eigenvalue weighted by atomic mass is 10.1. The predicted molar refractivity (Wildman–Crippen MR) is 85.5 cm³/mol. The van der Waals surface area contributed by atoms with Gasteiger partial charge in [-0.25, -0.2) is 4.39 Å². The van der Waals surface area contributed by atoms with Gasteiger partial charge in [0.1, 0.15) is 5.82 Å². The van der Waals surface area contributed by atoms with Gasteiger partial charge in [-0.15, -0.1) is 11.6 Å². The van der Waals surface area contributed by atoms with Crippen molar-refractivity contribution in [3.05, 3.63) is 76.7 Å². The van der Waals surface area contributed by atoms with Crippen LogP contribution in [-0.4, -0.2) is 4.98 Å². The third kappa shape index (κ3) is 3.17. The first-order valence-corrected chi connectivity index (χ1v) is 7.38. The third-order valence-electron chi connectivity index (χ3n) is 3.34. The predicted octanol–water partition coefficient (Wildman–Crippen LogP) is 5.55. The molecule has 0 aliphatic heterocycles. The van der Waals surface area contributed by atoms with Crippen LogP contribution in [0.15, 0.2) is 54.6 Å². The number of hydrogen-bond donors (Lipinski definition) is 0. The fraction of sp³-hybridized carbons (Fsp3) is 0.118. The highest BCUT2D eigenvalue weighted by Crippen LogP contribution is 2.29. The van der Waals surface area contributed by atoms with Crippen LogP contribution in [-0.2, 0) is 6.42 Å². The Bertz CT molecular complexity index is 789. The van der Waals surface area contributed by atoms with Crippen molar-refractivity contribution in [2.24, 2.45) is 0 Å². The van der Waals surface area contributed by atoms with Crippen molar-refractivity contribution in [1.29, 1.82) is 0 Å². The minimum Gasteiger partial charge on any atom is -0.253 e. The van der Waals surface area contributed by atoms with Crippen molar-refractivity contribution in [1.82, 2.24) is 4.98 Å². The molecule has 0 spiro atoms. The number of pyridine rings is 1. The van der Waals surface area contributed by atoms with E-state index in [2.05, 4.69) is 4.98 Å². The number of halogens is 3. The van der Waals surface area contributed by atoms with E-state index in [1.165, 1.54) is 12.1 Å². The lowest BCUT2D eigenvalue weighted by molar-refractivity contribution is 0.605. The Kier molecular flexibility index (Phi) is 4.09. The lowest BCUT2D eigenvalue weighted by Crippen LogP contribution is -2.01. The largest absolute Gasteiger partial charge is 0.253 e. The first kappa shape index (κ1) is 14.3. The van der Waals surface area contributed by atoms with Gasteiger partial charge in [0.2, 0.25) is 0 Å². The van der Waals surface area contributed by atoms with E-state index < -0.39 is 5.38 Å². The topological polar surface area (TPSA) is 12.9 Å². The van der Waals surface area contributed by atoms with Gasteiger partial charge in [0, 0.05) is 28.1 Å². The van der Waals surface area contributed by atoms with Crippen LogP contribution in [0.3, 0.4) is 0 Å². The van der Waals surface area contributed by atoms with Crippen molar-refractivity contribution in [3.63, 3.8) is 0 Å². The van der Waals surface area contributed by atoms with Gasteiger partial charge in [-0.2, -0.15) is 0 Å². The second kappa shape index (κ2) is 6.00. The molecule has 3 aromatic rings. The highest BCUT2D eigenvalue weighted by molar-refractivity contribution is 6.30. The SMILES string of the molecule is Fc1ccc(Cl)cc1C(Cl)Cc1ccc2ccccc2n1. The number of benzene rings is 2. The molecule has 0 saturated heterocycles. The smallest absolute Gasteiger partial charge is 0.128 e. The normalized spacial score (nSPS) is 12.5. The molecule has 106 valence electrons. The number of aromatic nitrogens is 1. The van der Waals surface area contributed by atoms with Crippen LogP contribution in [0.2, 0.25) is 5.02 Å². The van der Waals surface area contributed by atoms with E-state index in [-0.39, 0.29) is 5.82 Å². The first-order valence-electron chi connectivity index (χ1n) is 6.57. The van der Waals surface area contributed by atoms with Crippen molar-refractivity contribution >= 4 is 34.1 Å². The highest BCUT2D eigenvalue weighted by atomic mass is 35.5. The first-order chi connectivity index (χ1) is 10.1. The summed E-state index contributed by atoms with van der Waals surface area (Å²) in [5, 5.41) is 1.04. The molecule has 3 rings (SSSR count). The Morgan fingerprint density at radius 3 is 2.71 bits per heavy atom. The summed E-state index contributed by atoms with van der Waals surface area (Å²) < 4.78 is 13.8. The number of para-hydroxylation sites is 1. The second-order valence-electron chi connectivity index (χ2n) is 4.83. The number of rotatable bonds is 3. The highest BCUT2D eigenvalue weighted by Gasteiger charge is 2.15. The zero-order chi connectivity index (χ0) is 14.8. The van der Waals surface area contributed by atoms with E-state index in [0.29, 0.717) is 17.0 Å². The van der Waals surface area contributed by atoms with E-state index in [4.69, 9.17) is 23.2 Å². The van der Waals surface area contributed by atoms with Gasteiger partial charge < -0.3 is 0 Å². The zero-order valence-corrected chi connectivity index (χ0v) is 12.6. The summed E-state index contributed by atoms with van der Waals surface area (Å²) in [6.07, 6.45) is 0.448. The summed E-state index contributed by atoms with van der Waals surface area (Å²) in [7, 11) is 0. The molecular weight excluding hydrogens is 308 g/mol. The summed E-state index contributed by atoms with van der Waals surface area (Å²) in [5.41, 5.74) is 2.14. The van der Waals surface area contributed by atoms with Crippen LogP contribution in [0.5, 0.6) is 0 Å². The minimum atomic E-state index is -0.502. The van der Waals surface area contributed by atoms with E-state index >= 15 is 0 Å². The monoisotopic (exact) mass is 319 g/mol. The molecule has 1 aromatic heterocycles. The average Bonchev–Trinajstić information content (AvgIpc) is 2.49. The maximum atomic E-state index is 13.8. The molecule has 0 amide bonds. The molecule has 0 saturated carbocycles. The molecule has 0 N–H and O–H groups in total. The Morgan fingerprint density at radius 2 is 1.86 bits per heavy atom. The van der Waals surface area contributed by atoms with E-state index in [9.17, 15) is 4.39 Å². The van der Waals surface area contributed by atoms with Gasteiger partial charge in [0.15, 0.2) is 0 Å². The molecule has 2 aromatic carbocycles. The standard InChI is InChI=1S/C17H12Cl2FN/c18-12-6-8-16(20)14(9-12)15(19)10-13-7-5-11-3-1-2-4-17(11)21-13/h1-9,15H,10H2. The summed E-state index contributed by atoms with van der Waals surface area (Å²) in [6.45, 7) is 0. The summed E-state index contributed by atoms with van der Waals surface area (Å²) in [6, 6.07) is 16.2. The van der Waals surface area contributed by atoms with Crippen LogP contribution in [0.25, 0.3) is 10.9 Å². The average molecular weight is 320 g/mol. The molecule has 0 aliphatic carbocycles. The molecule has 1 heterocycles. The van der Waals surface area contributed by atoms with Crippen LogP contribution in [0, 0.1) is 5.82 Å². The summed E-state index contributed by atoms with van der Waals surface area (Å²) in [5.74, 6) is -0.347. The van der Waals surface area contributed by atoms with Crippen LogP contribution < -0.4 is 0 Å². The molecule has 21 heavy (non-hydrogen) atoms. The van der Waals surface area contributed by atoms with E-state index in [0.717, 1.165) is 16.6 Å². The maximum absolute atomic E-state index is 13.8. The van der Waals surface area contributed by atoms with Crippen molar-refractivity contribution in [3.8, 4) is 0 Å². The fourth-order valence-corrected chi connectivity index (χ4v) is 2.78. The van der Waals surface area contributed by atoms with Gasteiger partial charge in [-0.1, -0.05) is 35.9 Å². The molecule has 0 aliphatic rings. The Hall–Kier alpha value is -1.64. The van der Waals surface area contributed by atoms with Gasteiger partial charge >= 0.3 is 0 Å². The number of alkyl halides is 1. The van der Waals surface area contributed by atoms with Crippen molar-refractivity contribution in [2.45, 2.75) is 11.8 Å². The molecule has 0 radical (unpaired) electrons. The van der Waals surface area contributed by atoms with Crippen LogP contribution >= 0.6 is 23.2 Å². The Balaban J connectivity index is 1.88. The van der Waals surface area contributed by atoms with E-state index in [1.807, 2.05) is 36.4 Å². The number of hydrogen-bond acceptors (Lipinski definition) is 1. The molecule has 1 atom stereocenters. The second-order valence-corrected chi connectivity index (χ2v) is 5.80. The molecular formula is C17H12Cl2FN. The third-order valence-corrected chi connectivity index (χ3v) is 3.96. The fourth-order valence-electron chi connectivity index (χ4n) is 2.27. The maximum Gasteiger partial charge on any atom is 0.128 e. The van der Waals surface area contributed by atoms with Crippen LogP contribution in [0.1, 0.15) is 16.6 Å². The summed E-state index contributed by atoms with van der Waals surface area (Å²) >= 11 is 12.2. The van der Waals surface area contributed by atoms with Crippen molar-refractivity contribution in [2.75, 3.05) is 0 Å². The molecule has 0 bridgehead atoms. The van der Waals surface area contributed by atoms with E-state index in [1.54, 1.807) is 6.07 Å². The summed E-state index contributed by atoms with van der Waals surface area (Å²) in [4.78, 5) is 4.55.